The number of esters is 2. The number of hydrogen-bond acceptors (Lipinski definition) is 7. The quantitative estimate of drug-likeness (QED) is 0.607. The number of alkyl halides is 3. The highest BCUT2D eigenvalue weighted by molar-refractivity contribution is 5.94. The lowest BCUT2D eigenvalue weighted by atomic mass is 9.54. The molecule has 10 heteroatoms. The van der Waals surface area contributed by atoms with E-state index in [1.807, 2.05) is 12.1 Å². The molecule has 0 heterocycles. The van der Waals surface area contributed by atoms with Crippen LogP contribution in [0.2, 0.25) is 0 Å². The molecular formula is C26H21F3N2O5. The van der Waals surface area contributed by atoms with Crippen molar-refractivity contribution in [1.82, 2.24) is 0 Å². The molecule has 36 heavy (non-hydrogen) atoms. The van der Waals surface area contributed by atoms with Crippen LogP contribution in [-0.2, 0) is 25.2 Å². The van der Waals surface area contributed by atoms with Crippen molar-refractivity contribution < 1.29 is 37.3 Å². The minimum atomic E-state index is -4.77. The third kappa shape index (κ3) is 4.27. The van der Waals surface area contributed by atoms with Crippen LogP contribution in [0.25, 0.3) is 0 Å². The summed E-state index contributed by atoms with van der Waals surface area (Å²) < 4.78 is 50.2. The van der Waals surface area contributed by atoms with Gasteiger partial charge < -0.3 is 14.6 Å². The Bertz CT molecular complexity index is 1290. The SMILES string of the molecule is COC(=O)C1=C(O)C(C(=O)OC)C(c2cccc(C(F)(F)F)c2)C(C#N)(C#N)C1c1ccc(C)cc1. The van der Waals surface area contributed by atoms with Crippen LogP contribution in [0.4, 0.5) is 13.2 Å². The zero-order valence-corrected chi connectivity index (χ0v) is 19.5. The second kappa shape index (κ2) is 9.74. The first-order chi connectivity index (χ1) is 17.0. The predicted molar refractivity (Wildman–Crippen MR) is 119 cm³/mol. The topological polar surface area (TPSA) is 120 Å². The van der Waals surface area contributed by atoms with Crippen LogP contribution in [0.1, 0.15) is 34.1 Å². The molecule has 0 fully saturated rings. The predicted octanol–water partition coefficient (Wildman–Crippen LogP) is 4.70. The summed E-state index contributed by atoms with van der Waals surface area (Å²) in [5, 5.41) is 32.1. The maximum Gasteiger partial charge on any atom is 0.416 e. The Labute approximate surface area is 205 Å². The maximum absolute atomic E-state index is 13.5. The fourth-order valence-electron chi connectivity index (χ4n) is 4.70. The molecule has 0 aliphatic heterocycles. The molecule has 0 spiro atoms. The van der Waals surface area contributed by atoms with Gasteiger partial charge in [-0.3, -0.25) is 4.79 Å². The lowest BCUT2D eigenvalue weighted by Gasteiger charge is -2.44. The molecule has 3 rings (SSSR count). The van der Waals surface area contributed by atoms with Crippen LogP contribution in [0.3, 0.4) is 0 Å². The van der Waals surface area contributed by atoms with Crippen molar-refractivity contribution in [2.45, 2.75) is 24.9 Å². The lowest BCUT2D eigenvalue weighted by molar-refractivity contribution is -0.147. The van der Waals surface area contributed by atoms with Gasteiger partial charge >= 0.3 is 18.1 Å². The molecule has 7 nitrogen and oxygen atoms in total. The molecule has 0 radical (unpaired) electrons. The van der Waals surface area contributed by atoms with Gasteiger partial charge in [0, 0.05) is 5.92 Å². The largest absolute Gasteiger partial charge is 0.511 e. The van der Waals surface area contributed by atoms with Crippen LogP contribution < -0.4 is 0 Å². The molecule has 3 unspecified atom stereocenters. The summed E-state index contributed by atoms with van der Waals surface area (Å²) in [6.45, 7) is 1.78. The van der Waals surface area contributed by atoms with E-state index in [1.54, 1.807) is 19.1 Å². The van der Waals surface area contributed by atoms with Crippen molar-refractivity contribution in [2.75, 3.05) is 14.2 Å². The highest BCUT2D eigenvalue weighted by atomic mass is 19.4. The number of halogens is 3. The summed E-state index contributed by atoms with van der Waals surface area (Å²) in [6.07, 6.45) is -4.77. The minimum Gasteiger partial charge on any atom is -0.511 e. The molecular weight excluding hydrogens is 477 g/mol. The van der Waals surface area contributed by atoms with Gasteiger partial charge in [-0.25, -0.2) is 4.79 Å². The van der Waals surface area contributed by atoms with Gasteiger partial charge in [0.05, 0.1) is 43.4 Å². The smallest absolute Gasteiger partial charge is 0.416 e. The van der Waals surface area contributed by atoms with E-state index >= 15 is 0 Å². The summed E-state index contributed by atoms with van der Waals surface area (Å²) >= 11 is 0. The summed E-state index contributed by atoms with van der Waals surface area (Å²) in [5.74, 6) is -8.04. The van der Waals surface area contributed by atoms with Crippen molar-refractivity contribution in [2.24, 2.45) is 11.3 Å². The normalized spacial score (nSPS) is 21.2. The lowest BCUT2D eigenvalue weighted by Crippen LogP contribution is -2.47. The van der Waals surface area contributed by atoms with Gasteiger partial charge in [-0.15, -0.1) is 0 Å². The first kappa shape index (κ1) is 26.3. The number of aliphatic hydroxyl groups excluding tert-OH is 1. The van der Waals surface area contributed by atoms with Gasteiger partial charge in [0.2, 0.25) is 0 Å². The third-order valence-corrected chi connectivity index (χ3v) is 6.35. The van der Waals surface area contributed by atoms with E-state index in [0.717, 1.165) is 31.9 Å². The molecule has 0 bridgehead atoms. The number of benzene rings is 2. The van der Waals surface area contributed by atoms with Crippen molar-refractivity contribution in [3.05, 3.63) is 82.1 Å². The monoisotopic (exact) mass is 498 g/mol. The summed E-state index contributed by atoms with van der Waals surface area (Å²) in [7, 11) is 1.99. The molecule has 0 saturated heterocycles. The van der Waals surface area contributed by atoms with Crippen LogP contribution in [0.15, 0.2) is 59.9 Å². The van der Waals surface area contributed by atoms with Crippen LogP contribution in [-0.4, -0.2) is 31.3 Å². The molecule has 1 aliphatic carbocycles. The van der Waals surface area contributed by atoms with Crippen molar-refractivity contribution in [3.63, 3.8) is 0 Å². The highest BCUT2D eigenvalue weighted by Crippen LogP contribution is 2.59. The Hall–Kier alpha value is -4.31. The number of methoxy groups -OCH3 is 2. The second-order valence-corrected chi connectivity index (χ2v) is 8.33. The van der Waals surface area contributed by atoms with Crippen molar-refractivity contribution in [3.8, 4) is 12.1 Å². The first-order valence-corrected chi connectivity index (χ1v) is 10.6. The Morgan fingerprint density at radius 3 is 2.11 bits per heavy atom. The number of aryl methyl sites for hydroxylation is 1. The number of nitriles is 2. The summed E-state index contributed by atoms with van der Waals surface area (Å²) in [5.41, 5.74) is -3.09. The van der Waals surface area contributed by atoms with E-state index in [0.29, 0.717) is 6.07 Å². The second-order valence-electron chi connectivity index (χ2n) is 8.33. The van der Waals surface area contributed by atoms with E-state index in [4.69, 9.17) is 9.47 Å². The zero-order valence-electron chi connectivity index (χ0n) is 19.5. The molecule has 2 aromatic carbocycles. The summed E-state index contributed by atoms with van der Waals surface area (Å²) in [6, 6.07) is 13.9. The van der Waals surface area contributed by atoms with Gasteiger partial charge in [0.25, 0.3) is 0 Å². The third-order valence-electron chi connectivity index (χ3n) is 6.35. The van der Waals surface area contributed by atoms with E-state index in [9.17, 15) is 38.4 Å². The van der Waals surface area contributed by atoms with Gasteiger partial charge in [-0.1, -0.05) is 48.0 Å². The fraction of sp³-hybridized carbons (Fsp3) is 0.308. The molecule has 1 aliphatic rings. The van der Waals surface area contributed by atoms with Gasteiger partial charge in [0.1, 0.15) is 11.7 Å². The Morgan fingerprint density at radius 1 is 1.00 bits per heavy atom. The number of hydrogen-bond donors (Lipinski definition) is 1. The van der Waals surface area contributed by atoms with Crippen molar-refractivity contribution in [1.29, 1.82) is 10.5 Å². The van der Waals surface area contributed by atoms with Crippen LogP contribution in [0.5, 0.6) is 0 Å². The molecule has 186 valence electrons. The summed E-state index contributed by atoms with van der Waals surface area (Å²) in [4.78, 5) is 25.8. The maximum atomic E-state index is 13.5. The fourth-order valence-corrected chi connectivity index (χ4v) is 4.70. The number of carbonyl (C=O) groups excluding carboxylic acids is 2. The van der Waals surface area contributed by atoms with E-state index in [1.165, 1.54) is 18.2 Å². The number of rotatable bonds is 4. The Kier molecular flexibility index (Phi) is 7.12. The molecule has 3 atom stereocenters. The number of aliphatic hydroxyl groups is 1. The minimum absolute atomic E-state index is 0.212. The number of nitrogens with zero attached hydrogens (tertiary/aromatic N) is 2. The zero-order chi connectivity index (χ0) is 26.8. The molecule has 0 aromatic heterocycles. The van der Waals surface area contributed by atoms with E-state index in [2.05, 4.69) is 0 Å². The average molecular weight is 498 g/mol. The molecule has 0 amide bonds. The highest BCUT2D eigenvalue weighted by Gasteiger charge is 2.61. The van der Waals surface area contributed by atoms with Gasteiger partial charge in [-0.05, 0) is 24.1 Å². The molecule has 1 N–H and O–H groups in total. The average Bonchev–Trinajstić information content (AvgIpc) is 2.87. The Balaban J connectivity index is 2.49. The molecule has 0 saturated carbocycles. The van der Waals surface area contributed by atoms with Gasteiger partial charge in [-0.2, -0.15) is 23.7 Å². The van der Waals surface area contributed by atoms with Crippen molar-refractivity contribution >= 4 is 11.9 Å². The first-order valence-electron chi connectivity index (χ1n) is 10.6. The van der Waals surface area contributed by atoms with E-state index < -0.39 is 58.2 Å². The number of ether oxygens (including phenoxy) is 2. The van der Waals surface area contributed by atoms with Gasteiger partial charge in [0.15, 0.2) is 5.41 Å². The molecule has 2 aromatic rings. The van der Waals surface area contributed by atoms with Crippen LogP contribution >= 0.6 is 0 Å². The Morgan fingerprint density at radius 2 is 1.61 bits per heavy atom. The van der Waals surface area contributed by atoms with E-state index in [-0.39, 0.29) is 11.1 Å². The number of carbonyl (C=O) groups is 2. The van der Waals surface area contributed by atoms with Crippen LogP contribution in [0, 0.1) is 40.9 Å². The standard InChI is InChI=1S/C26H21F3N2O5/c1-14-7-9-15(10-8-14)20-18(23(33)35-2)22(32)19(24(34)36-3)21(25(20,12-30)13-31)16-5-4-6-17(11-16)26(27,28)29/h4-11,19-21,32H,1-3H3.